The van der Waals surface area contributed by atoms with Gasteiger partial charge in [-0.25, -0.2) is 0 Å². The average molecular weight is 288 g/mol. The molecule has 0 aliphatic carbocycles. The molecule has 2 fully saturated rings. The normalized spacial score (nSPS) is 26.5. The van der Waals surface area contributed by atoms with E-state index >= 15 is 0 Å². The largest absolute Gasteiger partial charge is 0.494 e. The fourth-order valence-corrected chi connectivity index (χ4v) is 3.82. The fraction of sp³-hybridized carbons (Fsp3) is 0.667. The summed E-state index contributed by atoms with van der Waals surface area (Å²) < 4.78 is 5.56. The second-order valence-electron chi connectivity index (χ2n) is 6.29. The van der Waals surface area contributed by atoms with Crippen LogP contribution in [0.4, 0.5) is 5.69 Å². The molecule has 3 heteroatoms. The number of rotatable bonds is 4. The van der Waals surface area contributed by atoms with E-state index in [2.05, 4.69) is 41.0 Å². The van der Waals surface area contributed by atoms with E-state index in [-0.39, 0.29) is 0 Å². The number of piperidine rings is 1. The van der Waals surface area contributed by atoms with Crippen molar-refractivity contribution in [2.75, 3.05) is 31.1 Å². The monoisotopic (exact) mass is 288 g/mol. The summed E-state index contributed by atoms with van der Waals surface area (Å²) >= 11 is 0. The van der Waals surface area contributed by atoms with E-state index in [1.54, 1.807) is 0 Å². The maximum absolute atomic E-state index is 5.56. The predicted octanol–water partition coefficient (Wildman–Crippen LogP) is 3.54. The van der Waals surface area contributed by atoms with Crippen LogP contribution in [0, 0.1) is 0 Å². The van der Waals surface area contributed by atoms with Gasteiger partial charge in [0.1, 0.15) is 5.75 Å². The van der Waals surface area contributed by atoms with Gasteiger partial charge in [-0.15, -0.1) is 0 Å². The highest BCUT2D eigenvalue weighted by molar-refractivity contribution is 5.50. The molecule has 2 aliphatic rings. The molecule has 116 valence electrons. The van der Waals surface area contributed by atoms with Crippen molar-refractivity contribution >= 4 is 5.69 Å². The smallest absolute Gasteiger partial charge is 0.119 e. The van der Waals surface area contributed by atoms with Crippen molar-refractivity contribution in [3.8, 4) is 5.75 Å². The summed E-state index contributed by atoms with van der Waals surface area (Å²) in [4.78, 5) is 5.35. The molecule has 0 saturated carbocycles. The molecule has 2 heterocycles. The van der Waals surface area contributed by atoms with Crippen molar-refractivity contribution < 1.29 is 4.74 Å². The number of anilines is 1. The first-order chi connectivity index (χ1) is 10.3. The Balaban J connectivity index is 1.75. The van der Waals surface area contributed by atoms with E-state index < -0.39 is 0 Å². The van der Waals surface area contributed by atoms with Gasteiger partial charge in [-0.1, -0.05) is 13.3 Å². The first-order valence-corrected chi connectivity index (χ1v) is 8.55. The molecule has 0 N–H and O–H groups in total. The summed E-state index contributed by atoms with van der Waals surface area (Å²) in [5, 5.41) is 0. The second-order valence-corrected chi connectivity index (χ2v) is 6.29. The zero-order valence-corrected chi connectivity index (χ0v) is 13.4. The number of nitrogens with zero attached hydrogens (tertiary/aromatic N) is 2. The zero-order valence-electron chi connectivity index (χ0n) is 13.4. The molecule has 3 nitrogen and oxygen atoms in total. The lowest BCUT2D eigenvalue weighted by atomic mass is 9.95. The Hall–Kier alpha value is -1.22. The van der Waals surface area contributed by atoms with Crippen LogP contribution in [0.1, 0.15) is 39.5 Å². The van der Waals surface area contributed by atoms with Crippen LogP contribution in [0.3, 0.4) is 0 Å². The van der Waals surface area contributed by atoms with Crippen molar-refractivity contribution in [3.63, 3.8) is 0 Å². The molecule has 0 spiro atoms. The van der Waals surface area contributed by atoms with E-state index in [4.69, 9.17) is 4.74 Å². The molecule has 3 rings (SSSR count). The van der Waals surface area contributed by atoms with Crippen LogP contribution in [-0.2, 0) is 0 Å². The molecule has 1 aromatic rings. The van der Waals surface area contributed by atoms with Crippen molar-refractivity contribution in [1.82, 2.24) is 4.90 Å². The number of hydrogen-bond acceptors (Lipinski definition) is 3. The highest BCUT2D eigenvalue weighted by Crippen LogP contribution is 2.30. The Labute approximate surface area is 128 Å². The second kappa shape index (κ2) is 6.69. The Morgan fingerprint density at radius 3 is 2.62 bits per heavy atom. The SMILES string of the molecule is CCOc1ccc(N2CC3CCCCN3CC2CC)cc1. The van der Waals surface area contributed by atoms with Crippen LogP contribution in [0.25, 0.3) is 0 Å². The van der Waals surface area contributed by atoms with Crippen molar-refractivity contribution in [2.24, 2.45) is 0 Å². The lowest BCUT2D eigenvalue weighted by Crippen LogP contribution is -2.59. The third-order valence-corrected chi connectivity index (χ3v) is 4.99. The molecule has 0 aromatic heterocycles. The molecular formula is C18H28N2O. The first-order valence-electron chi connectivity index (χ1n) is 8.55. The molecular weight excluding hydrogens is 260 g/mol. The zero-order chi connectivity index (χ0) is 14.7. The van der Waals surface area contributed by atoms with E-state index in [0.29, 0.717) is 6.04 Å². The summed E-state index contributed by atoms with van der Waals surface area (Å²) in [5.41, 5.74) is 1.36. The highest BCUT2D eigenvalue weighted by Gasteiger charge is 2.34. The fourth-order valence-electron chi connectivity index (χ4n) is 3.82. The van der Waals surface area contributed by atoms with E-state index in [1.165, 1.54) is 51.0 Å². The highest BCUT2D eigenvalue weighted by atomic mass is 16.5. The molecule has 2 saturated heterocycles. The molecule has 2 unspecified atom stereocenters. The molecule has 2 aliphatic heterocycles. The minimum Gasteiger partial charge on any atom is -0.494 e. The number of benzene rings is 1. The third kappa shape index (κ3) is 3.18. The van der Waals surface area contributed by atoms with Crippen molar-refractivity contribution in [1.29, 1.82) is 0 Å². The van der Waals surface area contributed by atoms with Crippen LogP contribution >= 0.6 is 0 Å². The predicted molar refractivity (Wildman–Crippen MR) is 88.2 cm³/mol. The molecule has 0 bridgehead atoms. The van der Waals surface area contributed by atoms with E-state index in [1.807, 2.05) is 6.92 Å². The summed E-state index contributed by atoms with van der Waals surface area (Å²) in [6.45, 7) is 8.80. The summed E-state index contributed by atoms with van der Waals surface area (Å²) in [6.07, 6.45) is 5.37. The Morgan fingerprint density at radius 1 is 1.10 bits per heavy atom. The summed E-state index contributed by atoms with van der Waals surface area (Å²) in [5.74, 6) is 0.977. The van der Waals surface area contributed by atoms with Crippen LogP contribution in [0.2, 0.25) is 0 Å². The molecule has 1 aromatic carbocycles. The summed E-state index contributed by atoms with van der Waals surface area (Å²) in [6, 6.07) is 10.1. The Morgan fingerprint density at radius 2 is 1.90 bits per heavy atom. The third-order valence-electron chi connectivity index (χ3n) is 4.99. The van der Waals surface area contributed by atoms with Crippen molar-refractivity contribution in [2.45, 2.75) is 51.6 Å². The number of ether oxygens (including phenoxy) is 1. The van der Waals surface area contributed by atoms with Gasteiger partial charge < -0.3 is 9.64 Å². The lowest BCUT2D eigenvalue weighted by Gasteiger charge is -2.49. The molecule has 2 atom stereocenters. The van der Waals surface area contributed by atoms with Crippen LogP contribution in [-0.4, -0.2) is 43.2 Å². The Bertz CT molecular complexity index is 445. The van der Waals surface area contributed by atoms with Gasteiger partial charge in [0, 0.05) is 30.9 Å². The van der Waals surface area contributed by atoms with E-state index in [0.717, 1.165) is 18.4 Å². The standard InChI is InChI=1S/C18H28N2O/c1-3-15-13-19-12-6-5-7-17(19)14-20(15)16-8-10-18(11-9-16)21-4-2/h8-11,15,17H,3-7,12-14H2,1-2H3. The van der Waals surface area contributed by atoms with Gasteiger partial charge >= 0.3 is 0 Å². The topological polar surface area (TPSA) is 15.7 Å². The van der Waals surface area contributed by atoms with Crippen LogP contribution in [0.5, 0.6) is 5.75 Å². The maximum atomic E-state index is 5.56. The minimum absolute atomic E-state index is 0.650. The quantitative estimate of drug-likeness (QED) is 0.843. The average Bonchev–Trinajstić information content (AvgIpc) is 2.54. The minimum atomic E-state index is 0.650. The molecule has 21 heavy (non-hydrogen) atoms. The van der Waals surface area contributed by atoms with Gasteiger partial charge in [0.25, 0.3) is 0 Å². The van der Waals surface area contributed by atoms with Crippen LogP contribution < -0.4 is 9.64 Å². The molecule has 0 radical (unpaired) electrons. The van der Waals surface area contributed by atoms with Crippen molar-refractivity contribution in [3.05, 3.63) is 24.3 Å². The number of piperazine rings is 1. The summed E-state index contributed by atoms with van der Waals surface area (Å²) in [7, 11) is 0. The van der Waals surface area contributed by atoms with Gasteiger partial charge in [-0.3, -0.25) is 4.90 Å². The first kappa shape index (κ1) is 14.7. The van der Waals surface area contributed by atoms with Gasteiger partial charge in [0.15, 0.2) is 0 Å². The Kier molecular flexibility index (Phi) is 4.69. The van der Waals surface area contributed by atoms with Gasteiger partial charge in [0.2, 0.25) is 0 Å². The van der Waals surface area contributed by atoms with Crippen LogP contribution in [0.15, 0.2) is 24.3 Å². The van der Waals surface area contributed by atoms with Gasteiger partial charge in [0.05, 0.1) is 6.61 Å². The van der Waals surface area contributed by atoms with Gasteiger partial charge in [-0.05, 0) is 57.0 Å². The maximum Gasteiger partial charge on any atom is 0.119 e. The van der Waals surface area contributed by atoms with E-state index in [9.17, 15) is 0 Å². The molecule has 0 amide bonds. The number of hydrogen-bond donors (Lipinski definition) is 0. The van der Waals surface area contributed by atoms with Gasteiger partial charge in [-0.2, -0.15) is 0 Å². The number of fused-ring (bicyclic) bond motifs is 1. The lowest BCUT2D eigenvalue weighted by molar-refractivity contribution is 0.111.